The standard InChI is InChI=1S/C12H10ClNO2/c1-15-9-4-6-10(7-5-9)16-11-3-2-8-14-12(11)13/h2-8H,1H3. The summed E-state index contributed by atoms with van der Waals surface area (Å²) in [6.45, 7) is 0. The van der Waals surface area contributed by atoms with E-state index in [0.29, 0.717) is 16.7 Å². The highest BCUT2D eigenvalue weighted by Gasteiger charge is 2.02. The quantitative estimate of drug-likeness (QED) is 0.763. The minimum Gasteiger partial charge on any atom is -0.497 e. The van der Waals surface area contributed by atoms with Crippen LogP contribution in [-0.2, 0) is 0 Å². The summed E-state index contributed by atoms with van der Waals surface area (Å²) in [5.74, 6) is 2.01. The Morgan fingerprint density at radius 2 is 1.75 bits per heavy atom. The van der Waals surface area contributed by atoms with Crippen LogP contribution < -0.4 is 9.47 Å². The molecule has 1 heterocycles. The van der Waals surface area contributed by atoms with Gasteiger partial charge in [0.15, 0.2) is 10.9 Å². The van der Waals surface area contributed by atoms with Gasteiger partial charge in [0.25, 0.3) is 0 Å². The normalized spacial score (nSPS) is 9.88. The minimum absolute atomic E-state index is 0.346. The first kappa shape index (κ1) is 10.8. The molecule has 82 valence electrons. The summed E-state index contributed by atoms with van der Waals surface area (Å²) in [7, 11) is 1.62. The molecular formula is C12H10ClNO2. The molecule has 3 nitrogen and oxygen atoms in total. The molecule has 0 aliphatic carbocycles. The van der Waals surface area contributed by atoms with Crippen molar-refractivity contribution in [3.8, 4) is 17.2 Å². The monoisotopic (exact) mass is 235 g/mol. The van der Waals surface area contributed by atoms with E-state index in [1.54, 1.807) is 25.4 Å². The van der Waals surface area contributed by atoms with Gasteiger partial charge < -0.3 is 9.47 Å². The lowest BCUT2D eigenvalue weighted by molar-refractivity contribution is 0.413. The zero-order chi connectivity index (χ0) is 11.4. The van der Waals surface area contributed by atoms with Crippen LogP contribution in [0, 0.1) is 0 Å². The molecule has 0 aliphatic heterocycles. The van der Waals surface area contributed by atoms with Crippen LogP contribution in [0.2, 0.25) is 5.15 Å². The van der Waals surface area contributed by atoms with Crippen LogP contribution in [0.15, 0.2) is 42.6 Å². The Morgan fingerprint density at radius 3 is 2.38 bits per heavy atom. The molecule has 0 saturated heterocycles. The second-order valence-corrected chi connectivity index (χ2v) is 3.43. The Kier molecular flexibility index (Phi) is 3.27. The number of hydrogen-bond donors (Lipinski definition) is 0. The molecule has 0 bridgehead atoms. The Bertz CT molecular complexity index is 471. The topological polar surface area (TPSA) is 31.4 Å². The first-order chi connectivity index (χ1) is 7.79. The third kappa shape index (κ3) is 2.44. The van der Waals surface area contributed by atoms with E-state index in [1.165, 1.54) is 0 Å². The molecule has 2 aromatic rings. The first-order valence-corrected chi connectivity index (χ1v) is 5.10. The summed E-state index contributed by atoms with van der Waals surface area (Å²) < 4.78 is 10.6. The van der Waals surface area contributed by atoms with Crippen molar-refractivity contribution in [1.82, 2.24) is 4.98 Å². The van der Waals surface area contributed by atoms with Crippen molar-refractivity contribution in [2.75, 3.05) is 7.11 Å². The molecule has 0 radical (unpaired) electrons. The van der Waals surface area contributed by atoms with E-state index in [9.17, 15) is 0 Å². The summed E-state index contributed by atoms with van der Waals surface area (Å²) in [6.07, 6.45) is 1.61. The van der Waals surface area contributed by atoms with Gasteiger partial charge in [-0.25, -0.2) is 4.98 Å². The average Bonchev–Trinajstić information content (AvgIpc) is 2.33. The van der Waals surface area contributed by atoms with Gasteiger partial charge in [0, 0.05) is 6.20 Å². The Hall–Kier alpha value is -1.74. The van der Waals surface area contributed by atoms with E-state index in [2.05, 4.69) is 4.98 Å². The van der Waals surface area contributed by atoms with Gasteiger partial charge in [-0.15, -0.1) is 0 Å². The summed E-state index contributed by atoms with van der Waals surface area (Å²) in [5.41, 5.74) is 0. The van der Waals surface area contributed by atoms with E-state index in [-0.39, 0.29) is 0 Å². The van der Waals surface area contributed by atoms with Crippen LogP contribution in [0.5, 0.6) is 17.2 Å². The number of rotatable bonds is 3. The lowest BCUT2D eigenvalue weighted by atomic mass is 10.3. The maximum Gasteiger partial charge on any atom is 0.171 e. The van der Waals surface area contributed by atoms with Crippen molar-refractivity contribution < 1.29 is 9.47 Å². The summed E-state index contributed by atoms with van der Waals surface area (Å²) in [5, 5.41) is 0.346. The van der Waals surface area contributed by atoms with Crippen LogP contribution >= 0.6 is 11.6 Å². The summed E-state index contributed by atoms with van der Waals surface area (Å²) >= 11 is 5.87. The van der Waals surface area contributed by atoms with Crippen molar-refractivity contribution in [3.63, 3.8) is 0 Å². The summed E-state index contributed by atoms with van der Waals surface area (Å²) in [6, 6.07) is 10.8. The second-order valence-electron chi connectivity index (χ2n) is 3.07. The predicted molar refractivity (Wildman–Crippen MR) is 62.3 cm³/mol. The van der Waals surface area contributed by atoms with E-state index in [4.69, 9.17) is 21.1 Å². The SMILES string of the molecule is COc1ccc(Oc2cccnc2Cl)cc1. The van der Waals surface area contributed by atoms with E-state index >= 15 is 0 Å². The number of benzene rings is 1. The van der Waals surface area contributed by atoms with E-state index in [1.807, 2.05) is 24.3 Å². The van der Waals surface area contributed by atoms with Gasteiger partial charge in [0.1, 0.15) is 11.5 Å². The highest BCUT2D eigenvalue weighted by molar-refractivity contribution is 6.30. The van der Waals surface area contributed by atoms with Crippen molar-refractivity contribution in [3.05, 3.63) is 47.7 Å². The molecule has 1 aromatic carbocycles. The molecule has 0 fully saturated rings. The molecule has 0 saturated carbocycles. The Balaban J connectivity index is 2.18. The minimum atomic E-state index is 0.346. The highest BCUT2D eigenvalue weighted by atomic mass is 35.5. The molecule has 1 aromatic heterocycles. The Morgan fingerprint density at radius 1 is 1.06 bits per heavy atom. The van der Waals surface area contributed by atoms with E-state index in [0.717, 1.165) is 5.75 Å². The van der Waals surface area contributed by atoms with Crippen LogP contribution in [0.4, 0.5) is 0 Å². The number of aromatic nitrogens is 1. The van der Waals surface area contributed by atoms with Crippen LogP contribution in [0.25, 0.3) is 0 Å². The maximum absolute atomic E-state index is 5.87. The maximum atomic E-state index is 5.87. The molecule has 0 aliphatic rings. The van der Waals surface area contributed by atoms with Gasteiger partial charge in [-0.1, -0.05) is 11.6 Å². The highest BCUT2D eigenvalue weighted by Crippen LogP contribution is 2.27. The fraction of sp³-hybridized carbons (Fsp3) is 0.0833. The lowest BCUT2D eigenvalue weighted by Crippen LogP contribution is -1.87. The van der Waals surface area contributed by atoms with Gasteiger partial charge in [-0.3, -0.25) is 0 Å². The van der Waals surface area contributed by atoms with Gasteiger partial charge >= 0.3 is 0 Å². The molecular weight excluding hydrogens is 226 g/mol. The number of halogens is 1. The van der Waals surface area contributed by atoms with Crippen molar-refractivity contribution in [2.45, 2.75) is 0 Å². The first-order valence-electron chi connectivity index (χ1n) is 4.72. The van der Waals surface area contributed by atoms with Gasteiger partial charge in [0.05, 0.1) is 7.11 Å². The average molecular weight is 236 g/mol. The van der Waals surface area contributed by atoms with Gasteiger partial charge in [-0.05, 0) is 36.4 Å². The molecule has 16 heavy (non-hydrogen) atoms. The molecule has 0 unspecified atom stereocenters. The number of methoxy groups -OCH3 is 1. The predicted octanol–water partition coefficient (Wildman–Crippen LogP) is 3.54. The van der Waals surface area contributed by atoms with Gasteiger partial charge in [-0.2, -0.15) is 0 Å². The van der Waals surface area contributed by atoms with E-state index < -0.39 is 0 Å². The number of pyridine rings is 1. The Labute approximate surface area is 98.6 Å². The van der Waals surface area contributed by atoms with Crippen LogP contribution in [0.3, 0.4) is 0 Å². The fourth-order valence-corrected chi connectivity index (χ4v) is 1.38. The molecule has 2 rings (SSSR count). The van der Waals surface area contributed by atoms with Gasteiger partial charge in [0.2, 0.25) is 0 Å². The third-order valence-electron chi connectivity index (χ3n) is 2.01. The van der Waals surface area contributed by atoms with Crippen molar-refractivity contribution >= 4 is 11.6 Å². The van der Waals surface area contributed by atoms with Crippen LogP contribution in [0.1, 0.15) is 0 Å². The second kappa shape index (κ2) is 4.86. The largest absolute Gasteiger partial charge is 0.497 e. The fourth-order valence-electron chi connectivity index (χ4n) is 1.22. The van der Waals surface area contributed by atoms with Crippen molar-refractivity contribution in [2.24, 2.45) is 0 Å². The number of hydrogen-bond acceptors (Lipinski definition) is 3. The third-order valence-corrected chi connectivity index (χ3v) is 2.30. The smallest absolute Gasteiger partial charge is 0.171 e. The van der Waals surface area contributed by atoms with Crippen molar-refractivity contribution in [1.29, 1.82) is 0 Å². The molecule has 0 amide bonds. The molecule has 0 atom stereocenters. The number of ether oxygens (including phenoxy) is 2. The zero-order valence-electron chi connectivity index (χ0n) is 8.68. The molecule has 4 heteroatoms. The lowest BCUT2D eigenvalue weighted by Gasteiger charge is -2.07. The molecule has 0 N–H and O–H groups in total. The number of nitrogens with zero attached hydrogens (tertiary/aromatic N) is 1. The summed E-state index contributed by atoms with van der Waals surface area (Å²) in [4.78, 5) is 3.92. The molecule has 0 spiro atoms. The zero-order valence-corrected chi connectivity index (χ0v) is 9.44. The van der Waals surface area contributed by atoms with Crippen LogP contribution in [-0.4, -0.2) is 12.1 Å².